The lowest BCUT2D eigenvalue weighted by molar-refractivity contribution is -0.146. The third kappa shape index (κ3) is 2.87. The molecule has 0 radical (unpaired) electrons. The highest BCUT2D eigenvalue weighted by Crippen LogP contribution is 2.37. The second-order valence-corrected chi connectivity index (χ2v) is 3.32. The van der Waals surface area contributed by atoms with E-state index in [1.165, 1.54) is 0 Å². The van der Waals surface area contributed by atoms with Crippen LogP contribution in [-0.4, -0.2) is 4.98 Å². The largest absolute Gasteiger partial charge is 0.433 e. The van der Waals surface area contributed by atoms with Gasteiger partial charge >= 0.3 is 12.4 Å². The van der Waals surface area contributed by atoms with Crippen molar-refractivity contribution in [1.29, 1.82) is 0 Å². The highest BCUT2D eigenvalue weighted by atomic mass is 19.4. The Hall–Kier alpha value is -1.31. The van der Waals surface area contributed by atoms with Crippen molar-refractivity contribution in [3.05, 3.63) is 28.6 Å². The molecule has 0 aliphatic rings. The lowest BCUT2D eigenvalue weighted by Crippen LogP contribution is -2.18. The van der Waals surface area contributed by atoms with Crippen LogP contribution < -0.4 is 5.73 Å². The molecule has 1 heterocycles. The van der Waals surface area contributed by atoms with Crippen LogP contribution in [0.15, 0.2) is 6.07 Å². The first-order valence-corrected chi connectivity index (χ1v) is 4.42. The van der Waals surface area contributed by atoms with Crippen LogP contribution in [0.1, 0.15) is 22.5 Å². The van der Waals surface area contributed by atoms with Gasteiger partial charge in [0.25, 0.3) is 0 Å². The van der Waals surface area contributed by atoms with Gasteiger partial charge in [0.1, 0.15) is 5.69 Å². The molecule has 96 valence electrons. The number of aryl methyl sites for hydroxylation is 1. The number of alkyl halides is 6. The van der Waals surface area contributed by atoms with Crippen LogP contribution in [0.4, 0.5) is 26.3 Å². The summed E-state index contributed by atoms with van der Waals surface area (Å²) in [6, 6.07) is -0.0187. The number of hydrogen-bond acceptors (Lipinski definition) is 2. The molecular formula is C9H8F6N2. The van der Waals surface area contributed by atoms with E-state index < -0.39 is 35.7 Å². The van der Waals surface area contributed by atoms with Gasteiger partial charge in [-0.15, -0.1) is 0 Å². The third-order valence-electron chi connectivity index (χ3n) is 2.13. The minimum Gasteiger partial charge on any atom is -0.326 e. The van der Waals surface area contributed by atoms with Gasteiger partial charge in [0, 0.05) is 12.2 Å². The zero-order valence-corrected chi connectivity index (χ0v) is 8.58. The Morgan fingerprint density at radius 3 is 2.00 bits per heavy atom. The normalized spacial score (nSPS) is 12.9. The molecule has 0 atom stereocenters. The molecule has 8 heteroatoms. The summed E-state index contributed by atoms with van der Waals surface area (Å²) in [6.45, 7) is 0.540. The topological polar surface area (TPSA) is 38.9 Å². The van der Waals surface area contributed by atoms with Crippen LogP contribution >= 0.6 is 0 Å². The summed E-state index contributed by atoms with van der Waals surface area (Å²) in [5, 5.41) is 0. The van der Waals surface area contributed by atoms with Gasteiger partial charge in [-0.05, 0) is 18.6 Å². The highest BCUT2D eigenvalue weighted by Gasteiger charge is 2.39. The van der Waals surface area contributed by atoms with Gasteiger partial charge in [-0.3, -0.25) is 0 Å². The molecule has 1 aromatic rings. The molecule has 0 spiro atoms. The van der Waals surface area contributed by atoms with Crippen molar-refractivity contribution in [3.8, 4) is 0 Å². The first-order valence-electron chi connectivity index (χ1n) is 4.42. The van der Waals surface area contributed by atoms with Crippen LogP contribution in [0, 0.1) is 6.92 Å². The fourth-order valence-electron chi connectivity index (χ4n) is 1.35. The molecule has 1 rings (SSSR count). The summed E-state index contributed by atoms with van der Waals surface area (Å²) >= 11 is 0. The van der Waals surface area contributed by atoms with Crippen molar-refractivity contribution >= 4 is 0 Å². The highest BCUT2D eigenvalue weighted by molar-refractivity contribution is 5.35. The molecule has 2 N–H and O–H groups in total. The monoisotopic (exact) mass is 258 g/mol. The fraction of sp³-hybridized carbons (Fsp3) is 0.444. The average molecular weight is 258 g/mol. The molecule has 2 nitrogen and oxygen atoms in total. The number of rotatable bonds is 1. The van der Waals surface area contributed by atoms with Gasteiger partial charge in [0.2, 0.25) is 0 Å². The van der Waals surface area contributed by atoms with E-state index in [0.29, 0.717) is 0 Å². The maximum Gasteiger partial charge on any atom is 0.433 e. The molecule has 0 saturated carbocycles. The van der Waals surface area contributed by atoms with Gasteiger partial charge in [-0.25, -0.2) is 4.98 Å². The zero-order valence-electron chi connectivity index (χ0n) is 8.58. The SMILES string of the molecule is Cc1nc(C(F)(F)F)cc(C(F)(F)F)c1CN. The van der Waals surface area contributed by atoms with E-state index in [1.807, 2.05) is 0 Å². The fourth-order valence-corrected chi connectivity index (χ4v) is 1.35. The Balaban J connectivity index is 3.51. The van der Waals surface area contributed by atoms with Crippen LogP contribution in [0.25, 0.3) is 0 Å². The van der Waals surface area contributed by atoms with Gasteiger partial charge in [-0.1, -0.05) is 0 Å². The van der Waals surface area contributed by atoms with Crippen LogP contribution in [0.2, 0.25) is 0 Å². The Morgan fingerprint density at radius 2 is 1.65 bits per heavy atom. The molecule has 1 aromatic heterocycles. The molecule has 0 saturated heterocycles. The third-order valence-corrected chi connectivity index (χ3v) is 2.13. The predicted molar refractivity (Wildman–Crippen MR) is 46.9 cm³/mol. The van der Waals surface area contributed by atoms with E-state index in [0.717, 1.165) is 6.92 Å². The van der Waals surface area contributed by atoms with E-state index >= 15 is 0 Å². The van der Waals surface area contributed by atoms with Crippen molar-refractivity contribution in [2.45, 2.75) is 25.8 Å². The molecule has 0 amide bonds. The van der Waals surface area contributed by atoms with Gasteiger partial charge < -0.3 is 5.73 Å². The molecule has 0 fully saturated rings. The number of hydrogen-bond donors (Lipinski definition) is 1. The molecular weight excluding hydrogens is 250 g/mol. The second kappa shape index (κ2) is 4.17. The summed E-state index contributed by atoms with van der Waals surface area (Å²) in [4.78, 5) is 3.08. The zero-order chi connectivity index (χ0) is 13.4. The summed E-state index contributed by atoms with van der Waals surface area (Å²) < 4.78 is 74.5. The van der Waals surface area contributed by atoms with Crippen LogP contribution in [0.3, 0.4) is 0 Å². The molecule has 0 aromatic carbocycles. The van der Waals surface area contributed by atoms with E-state index in [2.05, 4.69) is 4.98 Å². The number of nitrogens with two attached hydrogens (primary N) is 1. The number of aromatic nitrogens is 1. The summed E-state index contributed by atoms with van der Waals surface area (Å²) in [5.74, 6) is 0. The first-order chi connectivity index (χ1) is 7.57. The second-order valence-electron chi connectivity index (χ2n) is 3.32. The van der Waals surface area contributed by atoms with Crippen molar-refractivity contribution in [1.82, 2.24) is 4.98 Å². The van der Waals surface area contributed by atoms with Crippen molar-refractivity contribution < 1.29 is 26.3 Å². The lowest BCUT2D eigenvalue weighted by atomic mass is 10.0. The van der Waals surface area contributed by atoms with Gasteiger partial charge in [0.05, 0.1) is 5.56 Å². The molecule has 17 heavy (non-hydrogen) atoms. The van der Waals surface area contributed by atoms with Crippen molar-refractivity contribution in [2.75, 3.05) is 0 Å². The molecule has 0 bridgehead atoms. The Morgan fingerprint density at radius 1 is 1.12 bits per heavy atom. The van der Waals surface area contributed by atoms with Gasteiger partial charge in [0.15, 0.2) is 0 Å². The van der Waals surface area contributed by atoms with Crippen molar-refractivity contribution in [3.63, 3.8) is 0 Å². The van der Waals surface area contributed by atoms with Crippen LogP contribution in [-0.2, 0) is 18.9 Å². The minimum atomic E-state index is -4.92. The maximum atomic E-state index is 12.5. The summed E-state index contributed by atoms with van der Waals surface area (Å²) in [5.41, 5.74) is 1.34. The Kier molecular flexibility index (Phi) is 3.37. The molecule has 0 unspecified atom stereocenters. The standard InChI is InChI=1S/C9H8F6N2/c1-4-5(3-16)6(8(10,11)12)2-7(17-4)9(13,14)15/h2H,3,16H2,1H3. The Labute approximate surface area is 92.4 Å². The predicted octanol–water partition coefficient (Wildman–Crippen LogP) is 2.89. The summed E-state index contributed by atoms with van der Waals surface area (Å²) in [6.07, 6.45) is -9.81. The van der Waals surface area contributed by atoms with E-state index in [9.17, 15) is 26.3 Å². The van der Waals surface area contributed by atoms with Gasteiger partial charge in [-0.2, -0.15) is 26.3 Å². The maximum absolute atomic E-state index is 12.5. The quantitative estimate of drug-likeness (QED) is 0.786. The Bertz CT molecular complexity index is 421. The van der Waals surface area contributed by atoms with E-state index in [4.69, 9.17) is 5.73 Å². The summed E-state index contributed by atoms with van der Waals surface area (Å²) in [7, 11) is 0. The number of nitrogens with zero attached hydrogens (tertiary/aromatic N) is 1. The van der Waals surface area contributed by atoms with Crippen molar-refractivity contribution in [2.24, 2.45) is 5.73 Å². The van der Waals surface area contributed by atoms with Crippen LogP contribution in [0.5, 0.6) is 0 Å². The number of pyridine rings is 1. The lowest BCUT2D eigenvalue weighted by Gasteiger charge is -2.16. The smallest absolute Gasteiger partial charge is 0.326 e. The number of halogens is 6. The average Bonchev–Trinajstić information content (AvgIpc) is 2.13. The molecule has 0 aliphatic heterocycles. The molecule has 0 aliphatic carbocycles. The minimum absolute atomic E-state index is 0.0187. The first kappa shape index (κ1) is 13.8. The van der Waals surface area contributed by atoms with E-state index in [-0.39, 0.29) is 11.8 Å². The van der Waals surface area contributed by atoms with E-state index in [1.54, 1.807) is 0 Å².